The molecule has 1 heterocycles. The first-order valence-corrected chi connectivity index (χ1v) is 6.89. The molecule has 0 aliphatic heterocycles. The predicted molar refractivity (Wildman–Crippen MR) is 75.2 cm³/mol. The quantitative estimate of drug-likeness (QED) is 0.791. The molecule has 0 saturated carbocycles. The van der Waals surface area contributed by atoms with Crippen LogP contribution in [0, 0.1) is 11.6 Å². The molecule has 0 aliphatic carbocycles. The fraction of sp³-hybridized carbons (Fsp3) is 0.167. The topological polar surface area (TPSA) is 96.0 Å². The maximum atomic E-state index is 13.3. The lowest BCUT2D eigenvalue weighted by molar-refractivity contribution is -0.122. The average Bonchev–Trinajstić information content (AvgIpc) is 3.00. The second kappa shape index (κ2) is 6.89. The van der Waals surface area contributed by atoms with Crippen molar-refractivity contribution in [2.24, 2.45) is 0 Å². The van der Waals surface area contributed by atoms with Crippen molar-refractivity contribution in [1.29, 1.82) is 0 Å². The van der Waals surface area contributed by atoms with Crippen molar-refractivity contribution < 1.29 is 18.4 Å². The van der Waals surface area contributed by atoms with Crippen LogP contribution in [0.5, 0.6) is 0 Å². The summed E-state index contributed by atoms with van der Waals surface area (Å²) in [6.45, 7) is 0. The lowest BCUT2D eigenvalue weighted by Crippen LogP contribution is -2.41. The second-order valence-electron chi connectivity index (χ2n) is 4.06. The fourth-order valence-electron chi connectivity index (χ4n) is 1.63. The summed E-state index contributed by atoms with van der Waals surface area (Å²) in [6, 6.07) is 1.03. The molecule has 10 heteroatoms. The Morgan fingerprint density at radius 3 is 2.64 bits per heavy atom. The van der Waals surface area contributed by atoms with Gasteiger partial charge in [-0.3, -0.25) is 10.1 Å². The molecule has 0 unspecified atom stereocenters. The highest BCUT2D eigenvalue weighted by molar-refractivity contribution is 7.13. The zero-order chi connectivity index (χ0) is 16.1. The Morgan fingerprint density at radius 1 is 1.27 bits per heavy atom. The Hall–Kier alpha value is -2.62. The Bertz CT molecular complexity index is 680. The number of nitrogens with one attached hydrogen (secondary N) is 3. The Morgan fingerprint density at radius 2 is 2.05 bits per heavy atom. The summed E-state index contributed by atoms with van der Waals surface area (Å²) in [6.07, 6.45) is 0. The third-order valence-electron chi connectivity index (χ3n) is 2.64. The maximum absolute atomic E-state index is 13.3. The standard InChI is InChI=1S/C12H11F2N5O2S/c1-15-10(20)9(6-2-3-7(13)8(14)4-6)17-11(21)18-12-19-16-5-22-12/h2-5,9H,1H3,(H,15,20)(H2,17,18,19,21)/t9-/m0/s1. The molecule has 1 aromatic carbocycles. The smallest absolute Gasteiger partial charge is 0.322 e. The van der Waals surface area contributed by atoms with Crippen molar-refractivity contribution in [2.75, 3.05) is 12.4 Å². The van der Waals surface area contributed by atoms with Gasteiger partial charge in [0.25, 0.3) is 0 Å². The van der Waals surface area contributed by atoms with E-state index in [0.29, 0.717) is 0 Å². The van der Waals surface area contributed by atoms with Gasteiger partial charge in [-0.2, -0.15) is 0 Å². The van der Waals surface area contributed by atoms with E-state index in [0.717, 1.165) is 23.5 Å². The zero-order valence-corrected chi connectivity index (χ0v) is 12.1. The molecule has 1 atom stereocenters. The zero-order valence-electron chi connectivity index (χ0n) is 11.3. The fourth-order valence-corrected chi connectivity index (χ4v) is 2.07. The summed E-state index contributed by atoms with van der Waals surface area (Å²) >= 11 is 1.09. The number of hydrogen-bond donors (Lipinski definition) is 3. The molecule has 0 saturated heterocycles. The lowest BCUT2D eigenvalue weighted by atomic mass is 10.1. The van der Waals surface area contributed by atoms with Crippen LogP contribution in [0.1, 0.15) is 11.6 Å². The number of anilines is 1. The van der Waals surface area contributed by atoms with Crippen LogP contribution in [-0.4, -0.2) is 29.2 Å². The van der Waals surface area contributed by atoms with Gasteiger partial charge in [-0.05, 0) is 17.7 Å². The number of likely N-dealkylation sites (N-methyl/N-ethyl adjacent to an activating group) is 1. The molecular formula is C12H11F2N5O2S. The number of halogens is 2. The van der Waals surface area contributed by atoms with Crippen LogP contribution in [0.25, 0.3) is 0 Å². The van der Waals surface area contributed by atoms with Gasteiger partial charge >= 0.3 is 6.03 Å². The highest BCUT2D eigenvalue weighted by Gasteiger charge is 2.23. The third-order valence-corrected chi connectivity index (χ3v) is 3.25. The maximum Gasteiger partial charge on any atom is 0.322 e. The van der Waals surface area contributed by atoms with Crippen molar-refractivity contribution in [3.8, 4) is 0 Å². The Kier molecular flexibility index (Phi) is 4.94. The molecule has 3 N–H and O–H groups in total. The van der Waals surface area contributed by atoms with Gasteiger partial charge in [-0.25, -0.2) is 13.6 Å². The highest BCUT2D eigenvalue weighted by atomic mass is 32.1. The summed E-state index contributed by atoms with van der Waals surface area (Å²) in [5.41, 5.74) is 1.52. The molecule has 2 rings (SSSR count). The number of carbonyl (C=O) groups is 2. The van der Waals surface area contributed by atoms with Crippen LogP contribution in [-0.2, 0) is 4.79 Å². The number of aromatic nitrogens is 2. The van der Waals surface area contributed by atoms with Gasteiger partial charge in [-0.15, -0.1) is 10.2 Å². The van der Waals surface area contributed by atoms with Crippen LogP contribution >= 0.6 is 11.3 Å². The van der Waals surface area contributed by atoms with E-state index in [1.807, 2.05) is 0 Å². The van der Waals surface area contributed by atoms with E-state index in [-0.39, 0.29) is 10.7 Å². The van der Waals surface area contributed by atoms with Gasteiger partial charge in [0, 0.05) is 7.05 Å². The van der Waals surface area contributed by atoms with Crippen molar-refractivity contribution in [2.45, 2.75) is 6.04 Å². The molecule has 0 bridgehead atoms. The van der Waals surface area contributed by atoms with Crippen LogP contribution in [0.4, 0.5) is 18.7 Å². The van der Waals surface area contributed by atoms with Gasteiger partial charge < -0.3 is 10.6 Å². The third kappa shape index (κ3) is 3.73. The van der Waals surface area contributed by atoms with Crippen LogP contribution in [0.2, 0.25) is 0 Å². The van der Waals surface area contributed by atoms with Crippen LogP contribution < -0.4 is 16.0 Å². The van der Waals surface area contributed by atoms with Crippen LogP contribution in [0.15, 0.2) is 23.7 Å². The van der Waals surface area contributed by atoms with Crippen molar-refractivity contribution in [3.63, 3.8) is 0 Å². The molecule has 0 aliphatic rings. The SMILES string of the molecule is CNC(=O)[C@@H](NC(=O)Nc1nncs1)c1ccc(F)c(F)c1. The highest BCUT2D eigenvalue weighted by Crippen LogP contribution is 2.17. The van der Waals surface area contributed by atoms with Gasteiger partial charge in [0.1, 0.15) is 11.6 Å². The van der Waals surface area contributed by atoms with E-state index in [4.69, 9.17) is 0 Å². The van der Waals surface area contributed by atoms with E-state index >= 15 is 0 Å². The van der Waals surface area contributed by atoms with Crippen molar-refractivity contribution in [3.05, 3.63) is 40.9 Å². The summed E-state index contributed by atoms with van der Waals surface area (Å²) in [7, 11) is 1.36. The number of benzene rings is 1. The predicted octanol–water partition coefficient (Wildman–Crippen LogP) is 1.43. The number of rotatable bonds is 4. The van der Waals surface area contributed by atoms with Crippen LogP contribution in [0.3, 0.4) is 0 Å². The number of nitrogens with zero attached hydrogens (tertiary/aromatic N) is 2. The largest absolute Gasteiger partial charge is 0.357 e. The van der Waals surface area contributed by atoms with E-state index in [1.54, 1.807) is 0 Å². The molecule has 0 spiro atoms. The molecule has 116 valence electrons. The van der Waals surface area contributed by atoms with Gasteiger partial charge in [0.15, 0.2) is 11.6 Å². The van der Waals surface area contributed by atoms with E-state index < -0.39 is 29.6 Å². The lowest BCUT2D eigenvalue weighted by Gasteiger charge is -2.17. The molecule has 7 nitrogen and oxygen atoms in total. The van der Waals surface area contributed by atoms with Gasteiger partial charge in [-0.1, -0.05) is 17.4 Å². The van der Waals surface area contributed by atoms with E-state index in [9.17, 15) is 18.4 Å². The van der Waals surface area contributed by atoms with Gasteiger partial charge in [0.05, 0.1) is 0 Å². The Labute approximate surface area is 127 Å². The normalized spacial score (nSPS) is 11.6. The van der Waals surface area contributed by atoms with E-state index in [2.05, 4.69) is 26.1 Å². The number of urea groups is 1. The average molecular weight is 327 g/mol. The first kappa shape index (κ1) is 15.8. The summed E-state index contributed by atoms with van der Waals surface area (Å²) in [5.74, 6) is -2.74. The first-order valence-electron chi connectivity index (χ1n) is 6.01. The minimum Gasteiger partial charge on any atom is -0.357 e. The molecule has 3 amide bonds. The summed E-state index contributed by atoms with van der Waals surface area (Å²) < 4.78 is 26.3. The molecule has 0 radical (unpaired) electrons. The molecule has 1 aromatic heterocycles. The monoisotopic (exact) mass is 327 g/mol. The number of amides is 3. The molecule has 0 fully saturated rings. The Balaban J connectivity index is 2.17. The minimum atomic E-state index is -1.19. The summed E-state index contributed by atoms with van der Waals surface area (Å²) in [4.78, 5) is 23.7. The van der Waals surface area contributed by atoms with Crippen molar-refractivity contribution >= 4 is 28.4 Å². The summed E-state index contributed by atoms with van der Waals surface area (Å²) in [5, 5.41) is 14.5. The number of hydrogen-bond acceptors (Lipinski definition) is 5. The minimum absolute atomic E-state index is 0.102. The molecule has 2 aromatic rings. The van der Waals surface area contributed by atoms with E-state index in [1.165, 1.54) is 18.6 Å². The van der Waals surface area contributed by atoms with Gasteiger partial charge in [0.2, 0.25) is 11.0 Å². The number of carbonyl (C=O) groups excluding carboxylic acids is 2. The molecular weight excluding hydrogens is 316 g/mol. The second-order valence-corrected chi connectivity index (χ2v) is 4.90. The first-order chi connectivity index (χ1) is 10.5. The molecule has 22 heavy (non-hydrogen) atoms. The van der Waals surface area contributed by atoms with Crippen molar-refractivity contribution in [1.82, 2.24) is 20.8 Å².